The van der Waals surface area contributed by atoms with Crippen LogP contribution in [0.3, 0.4) is 0 Å². The van der Waals surface area contributed by atoms with Crippen molar-refractivity contribution < 1.29 is 4.79 Å². The fourth-order valence-corrected chi connectivity index (χ4v) is 2.46. The Hall–Kier alpha value is -1.90. The molecular formula is C14H14N2O. The van der Waals surface area contributed by atoms with E-state index in [0.29, 0.717) is 13.0 Å². The lowest BCUT2D eigenvalue weighted by atomic mass is 9.98. The molecular weight excluding hydrogens is 212 g/mol. The van der Waals surface area contributed by atoms with Crippen LogP contribution in [0.5, 0.6) is 0 Å². The third-order valence-electron chi connectivity index (χ3n) is 3.39. The first-order valence-electron chi connectivity index (χ1n) is 5.89. The number of carbonyl (C=O) groups excluding carboxylic acids is 1. The van der Waals surface area contributed by atoms with Crippen LogP contribution in [0.2, 0.25) is 0 Å². The average molecular weight is 226 g/mol. The van der Waals surface area contributed by atoms with Crippen LogP contribution in [0.1, 0.15) is 16.8 Å². The summed E-state index contributed by atoms with van der Waals surface area (Å²) in [7, 11) is 0. The van der Waals surface area contributed by atoms with Gasteiger partial charge in [0.15, 0.2) is 0 Å². The quantitative estimate of drug-likeness (QED) is 0.743. The van der Waals surface area contributed by atoms with E-state index in [2.05, 4.69) is 23.3 Å². The van der Waals surface area contributed by atoms with Crippen molar-refractivity contribution in [1.29, 1.82) is 0 Å². The van der Waals surface area contributed by atoms with Crippen LogP contribution in [0.25, 0.3) is 10.9 Å². The molecule has 2 aromatic rings. The van der Waals surface area contributed by atoms with E-state index in [1.54, 1.807) is 0 Å². The van der Waals surface area contributed by atoms with Crippen LogP contribution >= 0.6 is 0 Å². The van der Waals surface area contributed by atoms with Gasteiger partial charge in [-0.15, -0.1) is 0 Å². The number of hydrogen-bond acceptors (Lipinski definition) is 2. The predicted molar refractivity (Wildman–Crippen MR) is 66.9 cm³/mol. The van der Waals surface area contributed by atoms with E-state index in [1.165, 1.54) is 5.56 Å². The molecule has 0 spiro atoms. The van der Waals surface area contributed by atoms with E-state index in [0.717, 1.165) is 28.6 Å². The maximum atomic E-state index is 11.6. The molecule has 1 aromatic heterocycles. The van der Waals surface area contributed by atoms with Crippen LogP contribution in [0.15, 0.2) is 24.3 Å². The zero-order valence-corrected chi connectivity index (χ0v) is 9.79. The molecule has 1 aliphatic heterocycles. The summed E-state index contributed by atoms with van der Waals surface area (Å²) in [4.78, 5) is 16.3. The first kappa shape index (κ1) is 10.3. The summed E-state index contributed by atoms with van der Waals surface area (Å²) < 4.78 is 0. The minimum Gasteiger partial charge on any atom is -0.355 e. The number of amides is 1. The number of nitrogens with zero attached hydrogens (tertiary/aromatic N) is 1. The number of nitrogens with one attached hydrogen (secondary N) is 1. The van der Waals surface area contributed by atoms with Gasteiger partial charge in [0, 0.05) is 24.0 Å². The number of aromatic nitrogens is 1. The van der Waals surface area contributed by atoms with Gasteiger partial charge in [0.25, 0.3) is 0 Å². The molecule has 17 heavy (non-hydrogen) atoms. The van der Waals surface area contributed by atoms with E-state index < -0.39 is 0 Å². The van der Waals surface area contributed by atoms with Gasteiger partial charge in [-0.1, -0.05) is 18.2 Å². The van der Waals surface area contributed by atoms with Gasteiger partial charge in [0.2, 0.25) is 5.91 Å². The highest BCUT2D eigenvalue weighted by Crippen LogP contribution is 2.24. The molecule has 0 radical (unpaired) electrons. The fourth-order valence-electron chi connectivity index (χ4n) is 2.46. The number of pyridine rings is 1. The standard InChI is InChI=1S/C14H14N2O/c1-9-10-4-2-3-5-12(10)16-13-6-7-15-14(17)8-11(9)13/h2-5H,6-8H2,1H3,(H,15,17). The lowest BCUT2D eigenvalue weighted by Gasteiger charge is -2.10. The van der Waals surface area contributed by atoms with Gasteiger partial charge < -0.3 is 5.32 Å². The summed E-state index contributed by atoms with van der Waals surface area (Å²) in [5, 5.41) is 4.05. The van der Waals surface area contributed by atoms with E-state index in [-0.39, 0.29) is 5.91 Å². The van der Waals surface area contributed by atoms with Crippen molar-refractivity contribution in [1.82, 2.24) is 10.3 Å². The van der Waals surface area contributed by atoms with Crippen LogP contribution in [0, 0.1) is 6.92 Å². The van der Waals surface area contributed by atoms with Crippen molar-refractivity contribution in [2.75, 3.05) is 6.54 Å². The Kier molecular flexibility index (Phi) is 2.32. The van der Waals surface area contributed by atoms with E-state index >= 15 is 0 Å². The molecule has 1 amide bonds. The lowest BCUT2D eigenvalue weighted by Crippen LogP contribution is -2.24. The molecule has 3 rings (SSSR count). The van der Waals surface area contributed by atoms with Crippen molar-refractivity contribution in [3.8, 4) is 0 Å². The molecule has 1 aromatic carbocycles. The first-order valence-corrected chi connectivity index (χ1v) is 5.89. The van der Waals surface area contributed by atoms with Crippen molar-refractivity contribution >= 4 is 16.8 Å². The van der Waals surface area contributed by atoms with Crippen LogP contribution in [-0.2, 0) is 17.6 Å². The van der Waals surface area contributed by atoms with Crippen LogP contribution < -0.4 is 5.32 Å². The highest BCUT2D eigenvalue weighted by Gasteiger charge is 2.17. The van der Waals surface area contributed by atoms with Crippen LogP contribution in [0.4, 0.5) is 0 Å². The topological polar surface area (TPSA) is 42.0 Å². The van der Waals surface area contributed by atoms with Gasteiger partial charge in [-0.25, -0.2) is 0 Å². The highest BCUT2D eigenvalue weighted by molar-refractivity contribution is 5.87. The Labute approximate surface area is 99.9 Å². The summed E-state index contributed by atoms with van der Waals surface area (Å²) >= 11 is 0. The van der Waals surface area contributed by atoms with E-state index in [1.807, 2.05) is 18.2 Å². The molecule has 0 fully saturated rings. The summed E-state index contributed by atoms with van der Waals surface area (Å²) in [6.45, 7) is 2.78. The van der Waals surface area contributed by atoms with Crippen LogP contribution in [-0.4, -0.2) is 17.4 Å². The SMILES string of the molecule is Cc1c2c(nc3ccccc13)CCNC(=O)C2. The summed E-state index contributed by atoms with van der Waals surface area (Å²) in [6, 6.07) is 8.12. The minimum atomic E-state index is 0.101. The van der Waals surface area contributed by atoms with Gasteiger partial charge >= 0.3 is 0 Å². The number of aryl methyl sites for hydroxylation is 1. The predicted octanol–water partition coefficient (Wildman–Crippen LogP) is 1.76. The van der Waals surface area contributed by atoms with Gasteiger partial charge in [0.05, 0.1) is 11.9 Å². The Bertz CT molecular complexity index is 604. The molecule has 86 valence electrons. The zero-order valence-electron chi connectivity index (χ0n) is 9.79. The number of hydrogen-bond donors (Lipinski definition) is 1. The number of para-hydroxylation sites is 1. The second-order valence-electron chi connectivity index (χ2n) is 4.46. The van der Waals surface area contributed by atoms with Crippen molar-refractivity contribution in [3.05, 3.63) is 41.1 Å². The molecule has 0 saturated heterocycles. The molecule has 0 aliphatic carbocycles. The maximum Gasteiger partial charge on any atom is 0.224 e. The molecule has 3 nitrogen and oxygen atoms in total. The monoisotopic (exact) mass is 226 g/mol. The summed E-state index contributed by atoms with van der Waals surface area (Å²) in [6.07, 6.45) is 1.28. The van der Waals surface area contributed by atoms with Gasteiger partial charge in [-0.2, -0.15) is 0 Å². The Morgan fingerprint density at radius 2 is 2.12 bits per heavy atom. The average Bonchev–Trinajstić information content (AvgIpc) is 2.51. The minimum absolute atomic E-state index is 0.101. The van der Waals surface area contributed by atoms with E-state index in [9.17, 15) is 4.79 Å². The van der Waals surface area contributed by atoms with Gasteiger partial charge in [0.1, 0.15) is 0 Å². The number of fused-ring (bicyclic) bond motifs is 2. The molecule has 0 atom stereocenters. The molecule has 0 bridgehead atoms. The third-order valence-corrected chi connectivity index (χ3v) is 3.39. The lowest BCUT2D eigenvalue weighted by molar-refractivity contribution is -0.120. The Morgan fingerprint density at radius 3 is 3.00 bits per heavy atom. The highest BCUT2D eigenvalue weighted by atomic mass is 16.1. The Balaban J connectivity index is 2.29. The largest absolute Gasteiger partial charge is 0.355 e. The Morgan fingerprint density at radius 1 is 1.29 bits per heavy atom. The molecule has 1 N–H and O–H groups in total. The molecule has 0 unspecified atom stereocenters. The number of carbonyl (C=O) groups is 1. The number of rotatable bonds is 0. The van der Waals surface area contributed by atoms with Crippen molar-refractivity contribution in [3.63, 3.8) is 0 Å². The van der Waals surface area contributed by atoms with Gasteiger partial charge in [-0.05, 0) is 24.1 Å². The van der Waals surface area contributed by atoms with E-state index in [4.69, 9.17) is 0 Å². The zero-order chi connectivity index (χ0) is 11.8. The molecule has 2 heterocycles. The first-order chi connectivity index (χ1) is 8.25. The second kappa shape index (κ2) is 3.84. The fraction of sp³-hybridized carbons (Fsp3) is 0.286. The summed E-state index contributed by atoms with van der Waals surface area (Å²) in [5.41, 5.74) is 4.40. The van der Waals surface area contributed by atoms with Crippen molar-refractivity contribution in [2.45, 2.75) is 19.8 Å². The third kappa shape index (κ3) is 1.68. The molecule has 0 saturated carbocycles. The maximum absolute atomic E-state index is 11.6. The van der Waals surface area contributed by atoms with Gasteiger partial charge in [-0.3, -0.25) is 9.78 Å². The number of benzene rings is 1. The molecule has 1 aliphatic rings. The second-order valence-corrected chi connectivity index (χ2v) is 4.46. The summed E-state index contributed by atoms with van der Waals surface area (Å²) in [5.74, 6) is 0.101. The van der Waals surface area contributed by atoms with Crippen molar-refractivity contribution in [2.24, 2.45) is 0 Å². The smallest absolute Gasteiger partial charge is 0.224 e. The normalized spacial score (nSPS) is 15.2. The molecule has 3 heteroatoms.